The van der Waals surface area contributed by atoms with Crippen LogP contribution >= 0.6 is 0 Å². The first-order valence-electron chi connectivity index (χ1n) is 11.0. The van der Waals surface area contributed by atoms with Crippen molar-refractivity contribution >= 4 is 32.5 Å². The van der Waals surface area contributed by atoms with Crippen molar-refractivity contribution in [3.05, 3.63) is 138 Å². The molecule has 1 radical (unpaired) electrons. The van der Waals surface area contributed by atoms with Gasteiger partial charge in [-0.25, -0.2) is 0 Å². The summed E-state index contributed by atoms with van der Waals surface area (Å²) in [6.45, 7) is 0. The Kier molecular flexibility index (Phi) is 6.48. The summed E-state index contributed by atoms with van der Waals surface area (Å²) in [5.74, 6) is 0. The minimum Gasteiger partial charge on any atom is 0 e. The molecule has 4 aromatic carbocycles. The first kappa shape index (κ1) is 21.9. The molecule has 0 heterocycles. The molecule has 4 aromatic rings. The number of fused-ring (bicyclic) bond motifs is 3. The Morgan fingerprint density at radius 2 is 1.19 bits per heavy atom. The van der Waals surface area contributed by atoms with Crippen molar-refractivity contribution in [1.29, 1.82) is 0 Å². The van der Waals surface area contributed by atoms with E-state index in [2.05, 4.69) is 121 Å². The number of rotatable bonds is 4. The normalized spacial score (nSPS) is 15.8. The summed E-state index contributed by atoms with van der Waals surface area (Å²) in [4.78, 5) is 0. The average Bonchev–Trinajstić information content (AvgIpc) is 3.48. The molecule has 0 nitrogen and oxygen atoms in total. The van der Waals surface area contributed by atoms with Gasteiger partial charge < -0.3 is 0 Å². The van der Waals surface area contributed by atoms with Crippen LogP contribution in [0.3, 0.4) is 0 Å². The van der Waals surface area contributed by atoms with E-state index in [-0.39, 0.29) is 25.8 Å². The van der Waals surface area contributed by atoms with E-state index in [0.717, 1.165) is 6.42 Å². The summed E-state index contributed by atoms with van der Waals surface area (Å²) < 4.78 is 3.62. The van der Waals surface area contributed by atoms with E-state index in [9.17, 15) is 0 Å². The van der Waals surface area contributed by atoms with Crippen LogP contribution in [-0.4, -0.2) is 19.8 Å². The van der Waals surface area contributed by atoms with Crippen LogP contribution in [0.4, 0.5) is 0 Å². The topological polar surface area (TPSA) is 0 Å². The van der Waals surface area contributed by atoms with E-state index >= 15 is 0 Å². The predicted molar refractivity (Wildman–Crippen MR) is 133 cm³/mol. The van der Waals surface area contributed by atoms with Crippen LogP contribution in [0.1, 0.15) is 27.0 Å². The second kappa shape index (κ2) is 9.49. The van der Waals surface area contributed by atoms with Gasteiger partial charge in [0.05, 0.1) is 0 Å². The van der Waals surface area contributed by atoms with Gasteiger partial charge in [0.2, 0.25) is 0 Å². The van der Waals surface area contributed by atoms with Crippen LogP contribution in [-0.2, 0) is 25.8 Å². The van der Waals surface area contributed by atoms with Crippen LogP contribution in [0, 0.1) is 0 Å². The zero-order valence-electron chi connectivity index (χ0n) is 17.8. The standard InChI is InChI=1S/C18H13.2C6H5.Hf.Sn/c1-2-7-13(6-1)15-10-5-11-17-16-9-4-3-8-14(16)12-18(15)17;2*1-2-4-6-5-3-1;;/h1-6,8-12H,7H2;2*1-5H;;. The Bertz CT molecular complexity index is 1270. The van der Waals surface area contributed by atoms with E-state index in [1.54, 1.807) is 12.7 Å². The first-order chi connectivity index (χ1) is 15.4. The third kappa shape index (κ3) is 3.74. The zero-order valence-corrected chi connectivity index (χ0v) is 24.3. The van der Waals surface area contributed by atoms with Crippen LogP contribution < -0.4 is 7.16 Å². The maximum absolute atomic E-state index is 2.39. The van der Waals surface area contributed by atoms with Gasteiger partial charge in [0, 0.05) is 25.8 Å². The minimum absolute atomic E-state index is 0. The molecular weight excluding hydrogens is 658 g/mol. The second-order valence-electron chi connectivity index (χ2n) is 8.26. The maximum atomic E-state index is 2.39. The smallest absolute Gasteiger partial charge is 0 e. The van der Waals surface area contributed by atoms with E-state index < -0.39 is 19.8 Å². The Morgan fingerprint density at radius 1 is 0.594 bits per heavy atom. The van der Waals surface area contributed by atoms with Crippen LogP contribution in [0.25, 0.3) is 16.7 Å². The fourth-order valence-corrected chi connectivity index (χ4v) is 14.5. The van der Waals surface area contributed by atoms with E-state index in [4.69, 9.17) is 0 Å². The second-order valence-corrected chi connectivity index (χ2v) is 15.6. The number of hydrogen-bond donors (Lipinski definition) is 0. The molecule has 0 spiro atoms. The molecule has 0 saturated carbocycles. The fraction of sp³-hybridized carbons (Fsp3) is 0.0667. The zero-order chi connectivity index (χ0) is 20.6. The Labute approximate surface area is 216 Å². The molecule has 2 aliphatic carbocycles. The quantitative estimate of drug-likeness (QED) is 0.233. The van der Waals surface area contributed by atoms with E-state index in [1.165, 1.54) is 27.8 Å². The van der Waals surface area contributed by atoms with Crippen molar-refractivity contribution in [2.45, 2.75) is 10.4 Å². The van der Waals surface area contributed by atoms with Crippen LogP contribution in [0.2, 0.25) is 0 Å². The molecule has 2 aliphatic rings. The third-order valence-electron chi connectivity index (χ3n) is 6.53. The summed E-state index contributed by atoms with van der Waals surface area (Å²) in [5.41, 5.74) is 8.88. The van der Waals surface area contributed by atoms with Gasteiger partial charge in [-0.2, -0.15) is 0 Å². The summed E-state index contributed by atoms with van der Waals surface area (Å²) in [7, 11) is 0. The molecule has 32 heavy (non-hydrogen) atoms. The molecule has 0 fully saturated rings. The van der Waals surface area contributed by atoms with Crippen molar-refractivity contribution in [1.82, 2.24) is 0 Å². The molecule has 0 aliphatic heterocycles. The number of allylic oxidation sites excluding steroid dienone is 4. The third-order valence-corrected chi connectivity index (χ3v) is 15.3. The van der Waals surface area contributed by atoms with Gasteiger partial charge >= 0.3 is 192 Å². The number of hydrogen-bond acceptors (Lipinski definition) is 0. The Balaban J connectivity index is 0.00000216. The molecule has 0 saturated heterocycles. The molecule has 2 heteroatoms. The molecule has 1 unspecified atom stereocenters. The van der Waals surface area contributed by atoms with Gasteiger partial charge in [0.15, 0.2) is 0 Å². The maximum Gasteiger partial charge on any atom is 0 e. The van der Waals surface area contributed by atoms with E-state index in [1.807, 2.05) is 0 Å². The van der Waals surface area contributed by atoms with Gasteiger partial charge in [-0.05, 0) is 0 Å². The molecule has 1 atom stereocenters. The van der Waals surface area contributed by atoms with Crippen molar-refractivity contribution < 1.29 is 25.8 Å². The molecule has 0 aromatic heterocycles. The van der Waals surface area contributed by atoms with Crippen LogP contribution in [0.15, 0.2) is 121 Å². The SMILES string of the molecule is C1=CCC(c2cccc3c2[CH]([Sn]([c]2ccccc2)[c]2ccccc2)c2ccccc2-3)=C1.[Hf]. The van der Waals surface area contributed by atoms with Gasteiger partial charge in [0.25, 0.3) is 0 Å². The monoisotopic (exact) mass is 683 g/mol. The summed E-state index contributed by atoms with van der Waals surface area (Å²) >= 11 is -2.37. The molecule has 0 amide bonds. The van der Waals surface area contributed by atoms with Crippen molar-refractivity contribution in [2.24, 2.45) is 0 Å². The van der Waals surface area contributed by atoms with E-state index in [0.29, 0.717) is 3.93 Å². The number of benzene rings is 4. The summed E-state index contributed by atoms with van der Waals surface area (Å²) in [5, 5.41) is 0. The summed E-state index contributed by atoms with van der Waals surface area (Å²) in [6.07, 6.45) is 7.83. The molecule has 151 valence electrons. The van der Waals surface area contributed by atoms with Crippen molar-refractivity contribution in [3.8, 4) is 11.1 Å². The first-order valence-corrected chi connectivity index (χ1v) is 15.5. The van der Waals surface area contributed by atoms with Gasteiger partial charge in [-0.15, -0.1) is 0 Å². The Morgan fingerprint density at radius 3 is 1.84 bits per heavy atom. The average molecular weight is 681 g/mol. The molecule has 0 bridgehead atoms. The molecule has 0 N–H and O–H groups in total. The van der Waals surface area contributed by atoms with Crippen molar-refractivity contribution in [2.75, 3.05) is 0 Å². The fourth-order valence-electron chi connectivity index (χ4n) is 5.22. The molecular formula is C30H23HfSn. The largest absolute Gasteiger partial charge is 0 e. The summed E-state index contributed by atoms with van der Waals surface area (Å²) in [6, 6.07) is 38.8. The Hall–Kier alpha value is -1.97. The minimum atomic E-state index is -2.37. The molecule has 6 rings (SSSR count). The van der Waals surface area contributed by atoms with Crippen LogP contribution in [0.5, 0.6) is 0 Å². The van der Waals surface area contributed by atoms with Gasteiger partial charge in [-0.3, -0.25) is 0 Å². The van der Waals surface area contributed by atoms with Gasteiger partial charge in [-0.1, -0.05) is 0 Å². The van der Waals surface area contributed by atoms with Gasteiger partial charge in [0.1, 0.15) is 0 Å². The van der Waals surface area contributed by atoms with Crippen molar-refractivity contribution in [3.63, 3.8) is 0 Å². The predicted octanol–water partition coefficient (Wildman–Crippen LogP) is 5.99.